The second kappa shape index (κ2) is 6.58. The van der Waals surface area contributed by atoms with Gasteiger partial charge in [0.15, 0.2) is 0 Å². The molecule has 1 atom stereocenters. The van der Waals surface area contributed by atoms with Crippen LogP contribution >= 0.6 is 0 Å². The average molecular weight is 360 g/mol. The Morgan fingerprint density at radius 1 is 1.04 bits per heavy atom. The molecule has 0 saturated carbocycles. The minimum absolute atomic E-state index is 0.0394. The summed E-state index contributed by atoms with van der Waals surface area (Å²) in [6, 6.07) is 16.0. The van der Waals surface area contributed by atoms with Gasteiger partial charge < -0.3 is 10.2 Å². The Morgan fingerprint density at radius 2 is 1.74 bits per heavy atom. The van der Waals surface area contributed by atoms with Crippen LogP contribution in [0.2, 0.25) is 0 Å². The van der Waals surface area contributed by atoms with Crippen LogP contribution in [-0.2, 0) is 13.6 Å². The number of aromatic nitrogens is 2. The summed E-state index contributed by atoms with van der Waals surface area (Å²) in [7, 11) is 1.94. The van der Waals surface area contributed by atoms with Crippen LogP contribution < -0.4 is 5.32 Å². The molecule has 0 bridgehead atoms. The maximum absolute atomic E-state index is 13.4. The van der Waals surface area contributed by atoms with E-state index in [1.807, 2.05) is 54.7 Å². The molecule has 1 amide bonds. The monoisotopic (exact) mass is 360 g/mol. The van der Waals surface area contributed by atoms with Gasteiger partial charge >= 0.3 is 0 Å². The van der Waals surface area contributed by atoms with Crippen molar-refractivity contribution < 1.29 is 4.79 Å². The number of anilines is 1. The number of rotatable bonds is 3. The SMILES string of the molecule is Cc1ccc(CN2C(=O)c3ccccc3N[C@H]2c2c(C)nn(C)c2C)cc1. The summed E-state index contributed by atoms with van der Waals surface area (Å²) in [6.45, 7) is 6.66. The fourth-order valence-corrected chi connectivity index (χ4v) is 3.76. The molecule has 0 aliphatic carbocycles. The highest BCUT2D eigenvalue weighted by atomic mass is 16.2. The molecule has 1 N–H and O–H groups in total. The van der Waals surface area contributed by atoms with Crippen LogP contribution in [0.25, 0.3) is 0 Å². The van der Waals surface area contributed by atoms with Crippen molar-refractivity contribution in [2.75, 3.05) is 5.32 Å². The minimum atomic E-state index is -0.248. The van der Waals surface area contributed by atoms with Gasteiger partial charge in [-0.1, -0.05) is 42.0 Å². The Kier molecular flexibility index (Phi) is 4.22. The first-order valence-electron chi connectivity index (χ1n) is 9.18. The van der Waals surface area contributed by atoms with Gasteiger partial charge in [0.2, 0.25) is 0 Å². The van der Waals surface area contributed by atoms with E-state index in [0.29, 0.717) is 12.1 Å². The van der Waals surface area contributed by atoms with E-state index < -0.39 is 0 Å². The number of carbonyl (C=O) groups excluding carboxylic acids is 1. The fourth-order valence-electron chi connectivity index (χ4n) is 3.76. The third-order valence-electron chi connectivity index (χ3n) is 5.33. The number of nitrogens with one attached hydrogen (secondary N) is 1. The lowest BCUT2D eigenvalue weighted by molar-refractivity contribution is 0.0665. The number of hydrogen-bond acceptors (Lipinski definition) is 3. The normalized spacial score (nSPS) is 16.2. The highest BCUT2D eigenvalue weighted by Crippen LogP contribution is 2.36. The molecule has 1 aromatic heterocycles. The van der Waals surface area contributed by atoms with Gasteiger partial charge in [-0.25, -0.2) is 0 Å². The largest absolute Gasteiger partial charge is 0.361 e. The summed E-state index contributed by atoms with van der Waals surface area (Å²) >= 11 is 0. The number of nitrogens with zero attached hydrogens (tertiary/aromatic N) is 3. The van der Waals surface area contributed by atoms with E-state index in [1.54, 1.807) is 0 Å². The summed E-state index contributed by atoms with van der Waals surface area (Å²) in [4.78, 5) is 15.3. The molecule has 27 heavy (non-hydrogen) atoms. The number of benzene rings is 2. The van der Waals surface area contributed by atoms with Crippen LogP contribution in [0.3, 0.4) is 0 Å². The quantitative estimate of drug-likeness (QED) is 0.765. The van der Waals surface area contributed by atoms with E-state index in [4.69, 9.17) is 0 Å². The van der Waals surface area contributed by atoms with Crippen LogP contribution in [0, 0.1) is 20.8 Å². The summed E-state index contributed by atoms with van der Waals surface area (Å²) in [5, 5.41) is 8.13. The number of amides is 1. The van der Waals surface area contributed by atoms with Crippen LogP contribution in [0.4, 0.5) is 5.69 Å². The van der Waals surface area contributed by atoms with Crippen molar-refractivity contribution in [2.24, 2.45) is 7.05 Å². The summed E-state index contributed by atoms with van der Waals surface area (Å²) in [5.74, 6) is 0.0394. The van der Waals surface area contributed by atoms with E-state index >= 15 is 0 Å². The van der Waals surface area contributed by atoms with Crippen molar-refractivity contribution in [2.45, 2.75) is 33.5 Å². The fraction of sp³-hybridized carbons (Fsp3) is 0.273. The standard InChI is InChI=1S/C22H24N4O/c1-14-9-11-17(12-10-14)13-26-21(20-15(2)24-25(4)16(20)3)23-19-8-6-5-7-18(19)22(26)27/h5-12,21,23H,13H2,1-4H3/t21-/m1/s1. The molecular weight excluding hydrogens is 336 g/mol. The Morgan fingerprint density at radius 3 is 2.41 bits per heavy atom. The predicted molar refractivity (Wildman–Crippen MR) is 107 cm³/mol. The van der Waals surface area contributed by atoms with Crippen LogP contribution in [0.1, 0.15) is 44.6 Å². The van der Waals surface area contributed by atoms with Gasteiger partial charge in [0.25, 0.3) is 5.91 Å². The molecule has 0 saturated heterocycles. The highest BCUT2D eigenvalue weighted by Gasteiger charge is 2.35. The molecule has 5 heteroatoms. The van der Waals surface area contributed by atoms with Gasteiger partial charge in [-0.05, 0) is 38.5 Å². The van der Waals surface area contributed by atoms with Crippen molar-refractivity contribution >= 4 is 11.6 Å². The van der Waals surface area contributed by atoms with E-state index in [2.05, 4.69) is 41.6 Å². The summed E-state index contributed by atoms with van der Waals surface area (Å²) in [6.07, 6.45) is -0.248. The topological polar surface area (TPSA) is 50.2 Å². The number of aryl methyl sites for hydroxylation is 3. The van der Waals surface area contributed by atoms with E-state index in [0.717, 1.165) is 28.2 Å². The van der Waals surface area contributed by atoms with Crippen LogP contribution in [0.15, 0.2) is 48.5 Å². The first-order valence-corrected chi connectivity index (χ1v) is 9.18. The molecule has 0 unspecified atom stereocenters. The van der Waals surface area contributed by atoms with Crippen LogP contribution in [-0.4, -0.2) is 20.6 Å². The first-order chi connectivity index (χ1) is 13.0. The van der Waals surface area contributed by atoms with Gasteiger partial charge in [-0.15, -0.1) is 0 Å². The van der Waals surface area contributed by atoms with Crippen LogP contribution in [0.5, 0.6) is 0 Å². The molecule has 2 aromatic carbocycles. The Bertz CT molecular complexity index is 1000. The lowest BCUT2D eigenvalue weighted by Crippen LogP contribution is -2.42. The van der Waals surface area contributed by atoms with E-state index in [1.165, 1.54) is 5.56 Å². The first kappa shape index (κ1) is 17.3. The van der Waals surface area contributed by atoms with Crippen molar-refractivity contribution in [1.82, 2.24) is 14.7 Å². The Hall–Kier alpha value is -3.08. The Labute approximate surface area is 159 Å². The maximum Gasteiger partial charge on any atom is 0.258 e. The predicted octanol–water partition coefficient (Wildman–Crippen LogP) is 4.11. The van der Waals surface area contributed by atoms with E-state index in [9.17, 15) is 4.79 Å². The molecule has 1 aliphatic heterocycles. The second-order valence-corrected chi connectivity index (χ2v) is 7.22. The average Bonchev–Trinajstić information content (AvgIpc) is 2.91. The molecular formula is C22H24N4O. The van der Waals surface area contributed by atoms with Crippen molar-refractivity contribution in [3.05, 3.63) is 82.2 Å². The molecule has 2 heterocycles. The second-order valence-electron chi connectivity index (χ2n) is 7.22. The molecule has 1 aliphatic rings. The van der Waals surface area contributed by atoms with E-state index in [-0.39, 0.29) is 12.1 Å². The van der Waals surface area contributed by atoms with Crippen molar-refractivity contribution in [3.8, 4) is 0 Å². The number of fused-ring (bicyclic) bond motifs is 1. The summed E-state index contributed by atoms with van der Waals surface area (Å²) < 4.78 is 1.88. The van der Waals surface area contributed by atoms with Gasteiger partial charge in [0.05, 0.1) is 11.3 Å². The third kappa shape index (κ3) is 2.99. The lowest BCUT2D eigenvalue weighted by Gasteiger charge is -2.38. The summed E-state index contributed by atoms with van der Waals surface area (Å²) in [5.41, 5.74) is 6.96. The molecule has 0 fully saturated rings. The van der Waals surface area contributed by atoms with Crippen molar-refractivity contribution in [1.29, 1.82) is 0 Å². The minimum Gasteiger partial charge on any atom is -0.361 e. The number of carbonyl (C=O) groups is 1. The Balaban J connectivity index is 1.80. The molecule has 0 radical (unpaired) electrons. The third-order valence-corrected chi connectivity index (χ3v) is 5.33. The zero-order valence-corrected chi connectivity index (χ0v) is 16.2. The highest BCUT2D eigenvalue weighted by molar-refractivity contribution is 6.01. The van der Waals surface area contributed by atoms with Gasteiger partial charge in [-0.2, -0.15) is 5.10 Å². The van der Waals surface area contributed by atoms with Crippen molar-refractivity contribution in [3.63, 3.8) is 0 Å². The van der Waals surface area contributed by atoms with Gasteiger partial charge in [-0.3, -0.25) is 9.48 Å². The smallest absolute Gasteiger partial charge is 0.258 e. The van der Waals surface area contributed by atoms with Gasteiger partial charge in [0, 0.05) is 30.5 Å². The van der Waals surface area contributed by atoms with Gasteiger partial charge in [0.1, 0.15) is 6.17 Å². The molecule has 4 rings (SSSR count). The lowest BCUT2D eigenvalue weighted by atomic mass is 10.0. The zero-order chi connectivity index (χ0) is 19.1. The molecule has 5 nitrogen and oxygen atoms in total. The zero-order valence-electron chi connectivity index (χ0n) is 16.2. The maximum atomic E-state index is 13.4. The number of para-hydroxylation sites is 1. The number of hydrogen-bond donors (Lipinski definition) is 1. The molecule has 3 aromatic rings. The molecule has 138 valence electrons. The molecule has 0 spiro atoms.